The summed E-state index contributed by atoms with van der Waals surface area (Å²) in [5.74, 6) is 0.571. The van der Waals surface area contributed by atoms with Gasteiger partial charge in [0.2, 0.25) is 5.91 Å². The highest BCUT2D eigenvalue weighted by Crippen LogP contribution is 2.28. The highest BCUT2D eigenvalue weighted by Gasteiger charge is 2.36. The second-order valence-corrected chi connectivity index (χ2v) is 8.54. The van der Waals surface area contributed by atoms with Crippen molar-refractivity contribution in [3.05, 3.63) is 0 Å². The van der Waals surface area contributed by atoms with Crippen molar-refractivity contribution >= 4 is 15.7 Å². The fraction of sp³-hybridized carbons (Fsp3) is 0.929. The van der Waals surface area contributed by atoms with Crippen LogP contribution in [0.4, 0.5) is 0 Å². The van der Waals surface area contributed by atoms with Gasteiger partial charge >= 0.3 is 0 Å². The maximum Gasteiger partial charge on any atom is 0.236 e. The van der Waals surface area contributed by atoms with Gasteiger partial charge in [-0.1, -0.05) is 19.3 Å². The summed E-state index contributed by atoms with van der Waals surface area (Å²) in [5, 5.41) is 0. The summed E-state index contributed by atoms with van der Waals surface area (Å²) in [6.45, 7) is 0.359. The molecular weight excluding hydrogens is 276 g/mol. The van der Waals surface area contributed by atoms with Crippen LogP contribution in [0.15, 0.2) is 0 Å². The number of rotatable bonds is 4. The average Bonchev–Trinajstić information content (AvgIpc) is 2.76. The SMILES string of the molecule is CN(C)C(=O)CN(C1CCCCC1)C1CCS(=O)(=O)C1. The minimum absolute atomic E-state index is 0.0343. The number of sulfone groups is 1. The van der Waals surface area contributed by atoms with Crippen LogP contribution in [-0.2, 0) is 14.6 Å². The van der Waals surface area contributed by atoms with Crippen LogP contribution in [-0.4, -0.2) is 68.4 Å². The van der Waals surface area contributed by atoms with Gasteiger partial charge in [0.15, 0.2) is 9.84 Å². The standard InChI is InChI=1S/C14H26N2O3S/c1-15(2)14(17)10-16(12-6-4-3-5-7-12)13-8-9-20(18,19)11-13/h12-13H,3-11H2,1-2H3. The molecule has 1 saturated carbocycles. The van der Waals surface area contributed by atoms with Crippen LogP contribution in [0.1, 0.15) is 38.5 Å². The van der Waals surface area contributed by atoms with Gasteiger partial charge in [0.25, 0.3) is 0 Å². The summed E-state index contributed by atoms with van der Waals surface area (Å²) in [7, 11) is 0.612. The summed E-state index contributed by atoms with van der Waals surface area (Å²) < 4.78 is 23.5. The normalized spacial score (nSPS) is 26.9. The van der Waals surface area contributed by atoms with Crippen molar-refractivity contribution in [2.75, 3.05) is 32.1 Å². The van der Waals surface area contributed by atoms with E-state index in [9.17, 15) is 13.2 Å². The van der Waals surface area contributed by atoms with E-state index in [0.29, 0.717) is 19.0 Å². The van der Waals surface area contributed by atoms with Crippen LogP contribution in [0.25, 0.3) is 0 Å². The second kappa shape index (κ2) is 6.43. The van der Waals surface area contributed by atoms with E-state index in [1.165, 1.54) is 19.3 Å². The number of amides is 1. The molecule has 116 valence electrons. The van der Waals surface area contributed by atoms with Crippen LogP contribution in [0, 0.1) is 0 Å². The Kier molecular flexibility index (Phi) is 5.07. The minimum atomic E-state index is -2.90. The van der Waals surface area contributed by atoms with Gasteiger partial charge in [0.1, 0.15) is 0 Å². The van der Waals surface area contributed by atoms with Gasteiger partial charge in [-0.05, 0) is 19.3 Å². The van der Waals surface area contributed by atoms with Crippen molar-refractivity contribution in [1.29, 1.82) is 0 Å². The molecule has 1 heterocycles. The van der Waals surface area contributed by atoms with E-state index in [1.54, 1.807) is 19.0 Å². The Morgan fingerprint density at radius 3 is 2.20 bits per heavy atom. The van der Waals surface area contributed by atoms with Crippen molar-refractivity contribution in [2.45, 2.75) is 50.6 Å². The Morgan fingerprint density at radius 2 is 1.70 bits per heavy atom. The van der Waals surface area contributed by atoms with Gasteiger partial charge in [0, 0.05) is 26.2 Å². The van der Waals surface area contributed by atoms with Crippen molar-refractivity contribution < 1.29 is 13.2 Å². The highest BCUT2D eigenvalue weighted by atomic mass is 32.2. The summed E-state index contributed by atoms with van der Waals surface area (Å²) in [4.78, 5) is 15.8. The zero-order chi connectivity index (χ0) is 14.8. The van der Waals surface area contributed by atoms with Crippen molar-refractivity contribution in [2.24, 2.45) is 0 Å². The van der Waals surface area contributed by atoms with E-state index in [-0.39, 0.29) is 23.5 Å². The zero-order valence-electron chi connectivity index (χ0n) is 12.5. The van der Waals surface area contributed by atoms with Gasteiger partial charge in [0.05, 0.1) is 18.1 Å². The van der Waals surface area contributed by atoms with Crippen LogP contribution >= 0.6 is 0 Å². The van der Waals surface area contributed by atoms with Crippen molar-refractivity contribution in [1.82, 2.24) is 9.80 Å². The lowest BCUT2D eigenvalue weighted by molar-refractivity contribution is -0.131. The molecule has 0 spiro atoms. The van der Waals surface area contributed by atoms with Gasteiger partial charge in [-0.25, -0.2) is 8.42 Å². The Hall–Kier alpha value is -0.620. The fourth-order valence-electron chi connectivity index (χ4n) is 3.30. The van der Waals surface area contributed by atoms with Gasteiger partial charge in [-0.3, -0.25) is 9.69 Å². The van der Waals surface area contributed by atoms with E-state index >= 15 is 0 Å². The van der Waals surface area contributed by atoms with E-state index in [2.05, 4.69) is 4.90 Å². The molecule has 0 aromatic heterocycles. The largest absolute Gasteiger partial charge is 0.348 e. The molecule has 2 fully saturated rings. The zero-order valence-corrected chi connectivity index (χ0v) is 13.4. The van der Waals surface area contributed by atoms with Gasteiger partial charge in [-0.2, -0.15) is 0 Å². The van der Waals surface area contributed by atoms with Crippen molar-refractivity contribution in [3.8, 4) is 0 Å². The first-order chi connectivity index (χ1) is 9.39. The third-order valence-corrected chi connectivity index (χ3v) is 6.29. The monoisotopic (exact) mass is 302 g/mol. The third kappa shape index (κ3) is 3.95. The molecule has 0 radical (unpaired) electrons. The van der Waals surface area contributed by atoms with Crippen LogP contribution in [0.3, 0.4) is 0 Å². The average molecular weight is 302 g/mol. The maximum absolute atomic E-state index is 12.0. The molecule has 0 N–H and O–H groups in total. The van der Waals surface area contributed by atoms with Gasteiger partial charge < -0.3 is 4.90 Å². The van der Waals surface area contributed by atoms with Crippen LogP contribution < -0.4 is 0 Å². The molecule has 1 unspecified atom stereocenters. The molecule has 20 heavy (non-hydrogen) atoms. The summed E-state index contributed by atoms with van der Waals surface area (Å²) >= 11 is 0. The molecular formula is C14H26N2O3S. The van der Waals surface area contributed by atoms with Gasteiger partial charge in [-0.15, -0.1) is 0 Å². The molecule has 0 aromatic rings. The summed E-state index contributed by atoms with van der Waals surface area (Å²) in [5.41, 5.74) is 0. The van der Waals surface area contributed by atoms with E-state index in [0.717, 1.165) is 12.8 Å². The first-order valence-electron chi connectivity index (χ1n) is 7.55. The Bertz CT molecular complexity index is 441. The topological polar surface area (TPSA) is 57.7 Å². The number of carbonyl (C=O) groups is 1. The van der Waals surface area contributed by atoms with Crippen LogP contribution in [0.5, 0.6) is 0 Å². The molecule has 2 aliphatic rings. The Morgan fingerprint density at radius 1 is 1.05 bits per heavy atom. The molecule has 1 atom stereocenters. The number of nitrogens with zero attached hydrogens (tertiary/aromatic N) is 2. The van der Waals surface area contributed by atoms with E-state index < -0.39 is 9.84 Å². The highest BCUT2D eigenvalue weighted by molar-refractivity contribution is 7.91. The molecule has 0 bridgehead atoms. The second-order valence-electron chi connectivity index (χ2n) is 6.31. The lowest BCUT2D eigenvalue weighted by Crippen LogP contribution is -2.49. The number of carbonyl (C=O) groups excluding carboxylic acids is 1. The fourth-order valence-corrected chi connectivity index (χ4v) is 5.05. The molecule has 6 heteroatoms. The summed E-state index contributed by atoms with van der Waals surface area (Å²) in [6.07, 6.45) is 6.51. The predicted octanol–water partition coefficient (Wildman–Crippen LogP) is 0.896. The first kappa shape index (κ1) is 15.8. The first-order valence-corrected chi connectivity index (χ1v) is 9.37. The third-order valence-electron chi connectivity index (χ3n) is 4.54. The smallest absolute Gasteiger partial charge is 0.236 e. The van der Waals surface area contributed by atoms with E-state index in [1.807, 2.05) is 0 Å². The molecule has 0 aromatic carbocycles. The number of likely N-dealkylation sites (N-methyl/N-ethyl adjacent to an activating group) is 1. The van der Waals surface area contributed by atoms with Crippen molar-refractivity contribution in [3.63, 3.8) is 0 Å². The molecule has 5 nitrogen and oxygen atoms in total. The van der Waals surface area contributed by atoms with E-state index in [4.69, 9.17) is 0 Å². The minimum Gasteiger partial charge on any atom is -0.348 e. The number of hydrogen-bond acceptors (Lipinski definition) is 4. The molecule has 1 saturated heterocycles. The summed E-state index contributed by atoms with van der Waals surface area (Å²) in [6, 6.07) is 0.415. The number of hydrogen-bond donors (Lipinski definition) is 0. The lowest BCUT2D eigenvalue weighted by Gasteiger charge is -2.38. The Balaban J connectivity index is 2.09. The Labute approximate surface area is 122 Å². The predicted molar refractivity (Wildman–Crippen MR) is 79.3 cm³/mol. The molecule has 1 aliphatic heterocycles. The quantitative estimate of drug-likeness (QED) is 0.774. The van der Waals surface area contributed by atoms with Crippen LogP contribution in [0.2, 0.25) is 0 Å². The lowest BCUT2D eigenvalue weighted by atomic mass is 9.93. The maximum atomic E-state index is 12.0. The molecule has 2 rings (SSSR count). The molecule has 1 aliphatic carbocycles. The molecule has 1 amide bonds.